The van der Waals surface area contributed by atoms with Crippen LogP contribution >= 0.6 is 0 Å². The quantitative estimate of drug-likeness (QED) is 0.143. The number of carbonyl (C=O) groups is 3. The summed E-state index contributed by atoms with van der Waals surface area (Å²) in [5.74, 6) is -0.872. The molecule has 0 saturated carbocycles. The summed E-state index contributed by atoms with van der Waals surface area (Å²) in [5, 5.41) is 15.3. The lowest BCUT2D eigenvalue weighted by Crippen LogP contribution is -2.42. The molecule has 0 unspecified atom stereocenters. The molecule has 2 amide bonds. The van der Waals surface area contributed by atoms with Gasteiger partial charge in [-0.3, -0.25) is 14.4 Å². The summed E-state index contributed by atoms with van der Waals surface area (Å²) in [7, 11) is 0. The molecule has 0 radical (unpaired) electrons. The molecule has 8 heteroatoms. The Labute approximate surface area is 231 Å². The normalized spacial score (nSPS) is 12.0. The fourth-order valence-electron chi connectivity index (χ4n) is 3.85. The van der Waals surface area contributed by atoms with Crippen LogP contribution in [0.25, 0.3) is 0 Å². The molecule has 39 heavy (non-hydrogen) atoms. The minimum atomic E-state index is -0.619. The van der Waals surface area contributed by atoms with E-state index in [-0.39, 0.29) is 44.0 Å². The van der Waals surface area contributed by atoms with Gasteiger partial charge in [0.05, 0.1) is 25.1 Å². The number of carbonyl (C=O) groups excluding carboxylic acids is 3. The van der Waals surface area contributed by atoms with Crippen molar-refractivity contribution in [2.45, 2.75) is 51.2 Å². The summed E-state index contributed by atoms with van der Waals surface area (Å²) < 4.78 is 10.9. The first-order chi connectivity index (χ1) is 18.9. The average molecular weight is 537 g/mol. The fraction of sp³-hybridized carbons (Fsp3) is 0.387. The standard InChI is InChI=1S/C31H40N2O6/c1-3-5-7-13-30(36)38-19-18-32-31(37)26(10-4-2)21-29(35)33-27(22-34)20-24-14-16-28(17-15-24)39-23-25-11-8-6-9-12-25/h3-4,6,8-9,11-12,14-17,26-27,34H,1-2,5,7,10,13,18-23H2,(H,32,37)(H,33,35)/t26-,27+/m1/s1. The number of hydrogen-bond donors (Lipinski definition) is 3. The molecular formula is C31H40N2O6. The predicted molar refractivity (Wildman–Crippen MR) is 151 cm³/mol. The van der Waals surface area contributed by atoms with Crippen molar-refractivity contribution in [1.29, 1.82) is 0 Å². The Kier molecular flexibility index (Phi) is 14.7. The number of benzene rings is 2. The van der Waals surface area contributed by atoms with Gasteiger partial charge in [0.2, 0.25) is 11.8 Å². The first kappa shape index (κ1) is 31.3. The van der Waals surface area contributed by atoms with Crippen LogP contribution < -0.4 is 15.4 Å². The van der Waals surface area contributed by atoms with Crippen LogP contribution in [0.5, 0.6) is 5.75 Å². The predicted octanol–water partition coefficient (Wildman–Crippen LogP) is 3.88. The molecule has 2 aromatic carbocycles. The smallest absolute Gasteiger partial charge is 0.305 e. The van der Waals surface area contributed by atoms with Crippen molar-refractivity contribution in [1.82, 2.24) is 10.6 Å². The van der Waals surface area contributed by atoms with Crippen molar-refractivity contribution in [3.05, 3.63) is 91.0 Å². The summed E-state index contributed by atoms with van der Waals surface area (Å²) in [6, 6.07) is 16.9. The number of aliphatic hydroxyl groups excluding tert-OH is 1. The van der Waals surface area contributed by atoms with E-state index < -0.39 is 12.0 Å². The molecule has 210 valence electrons. The number of esters is 1. The van der Waals surface area contributed by atoms with Crippen LogP contribution in [0.15, 0.2) is 79.9 Å². The molecule has 0 aliphatic rings. The Morgan fingerprint density at radius 2 is 1.72 bits per heavy atom. The second-order valence-electron chi connectivity index (χ2n) is 9.19. The third-order valence-electron chi connectivity index (χ3n) is 5.95. The van der Waals surface area contributed by atoms with E-state index in [4.69, 9.17) is 9.47 Å². The maximum atomic E-state index is 12.7. The molecule has 0 saturated heterocycles. The van der Waals surface area contributed by atoms with Gasteiger partial charge in [-0.15, -0.1) is 13.2 Å². The second kappa shape index (κ2) is 18.4. The number of ether oxygens (including phenoxy) is 2. The van der Waals surface area contributed by atoms with Crippen molar-refractivity contribution in [2.75, 3.05) is 19.8 Å². The number of hydrogen-bond acceptors (Lipinski definition) is 6. The topological polar surface area (TPSA) is 114 Å². The fourth-order valence-corrected chi connectivity index (χ4v) is 3.85. The average Bonchev–Trinajstić information content (AvgIpc) is 2.95. The number of unbranched alkanes of at least 4 members (excludes halogenated alkanes) is 1. The van der Waals surface area contributed by atoms with Crippen LogP contribution in [0.1, 0.15) is 43.2 Å². The number of rotatable bonds is 19. The van der Waals surface area contributed by atoms with Crippen LogP contribution in [0.3, 0.4) is 0 Å². The molecule has 3 N–H and O–H groups in total. The summed E-state index contributed by atoms with van der Waals surface area (Å²) >= 11 is 0. The van der Waals surface area contributed by atoms with Crippen LogP contribution in [-0.2, 0) is 32.1 Å². The van der Waals surface area contributed by atoms with Crippen molar-refractivity contribution < 1.29 is 29.0 Å². The highest BCUT2D eigenvalue weighted by molar-refractivity contribution is 5.86. The van der Waals surface area contributed by atoms with Gasteiger partial charge in [0, 0.05) is 12.8 Å². The van der Waals surface area contributed by atoms with Crippen molar-refractivity contribution in [3.8, 4) is 5.75 Å². The zero-order valence-corrected chi connectivity index (χ0v) is 22.5. The van der Waals surface area contributed by atoms with Gasteiger partial charge >= 0.3 is 5.97 Å². The molecule has 0 fully saturated rings. The van der Waals surface area contributed by atoms with E-state index >= 15 is 0 Å². The number of allylic oxidation sites excluding steroid dienone is 2. The van der Waals surface area contributed by atoms with Gasteiger partial charge in [-0.2, -0.15) is 0 Å². The molecule has 0 spiro atoms. The molecule has 2 aromatic rings. The SMILES string of the molecule is C=CCCCC(=O)OCCNC(=O)[C@H](CC=C)CC(=O)N[C@H](CO)Cc1ccc(OCc2ccccc2)cc1. The molecule has 2 atom stereocenters. The largest absolute Gasteiger partial charge is 0.489 e. The highest BCUT2D eigenvalue weighted by Crippen LogP contribution is 2.16. The van der Waals surface area contributed by atoms with Crippen LogP contribution in [0.4, 0.5) is 0 Å². The van der Waals surface area contributed by atoms with Crippen LogP contribution in [0, 0.1) is 5.92 Å². The number of nitrogens with one attached hydrogen (secondary N) is 2. The monoisotopic (exact) mass is 536 g/mol. The molecule has 0 heterocycles. The maximum absolute atomic E-state index is 12.7. The van der Waals surface area contributed by atoms with E-state index in [2.05, 4.69) is 23.8 Å². The highest BCUT2D eigenvalue weighted by atomic mass is 16.5. The molecule has 0 aliphatic heterocycles. The Bertz CT molecular complexity index is 1040. The minimum Gasteiger partial charge on any atom is -0.489 e. The van der Waals surface area contributed by atoms with E-state index in [1.807, 2.05) is 54.6 Å². The number of aliphatic hydroxyl groups is 1. The van der Waals surface area contributed by atoms with Gasteiger partial charge in [-0.1, -0.05) is 54.6 Å². The summed E-state index contributed by atoms with van der Waals surface area (Å²) in [6.07, 6.45) is 5.74. The van der Waals surface area contributed by atoms with Gasteiger partial charge in [-0.05, 0) is 48.9 Å². The third kappa shape index (κ3) is 12.9. The molecule has 2 rings (SSSR count). The molecule has 8 nitrogen and oxygen atoms in total. The first-order valence-electron chi connectivity index (χ1n) is 13.3. The molecule has 0 bridgehead atoms. The highest BCUT2D eigenvalue weighted by Gasteiger charge is 2.22. The zero-order chi connectivity index (χ0) is 28.3. The lowest BCUT2D eigenvalue weighted by molar-refractivity contribution is -0.144. The molecular weight excluding hydrogens is 496 g/mol. The Hall–Kier alpha value is -3.91. The Morgan fingerprint density at radius 3 is 2.38 bits per heavy atom. The van der Waals surface area contributed by atoms with Crippen molar-refractivity contribution >= 4 is 17.8 Å². The van der Waals surface area contributed by atoms with Gasteiger partial charge < -0.3 is 25.2 Å². The van der Waals surface area contributed by atoms with E-state index in [1.165, 1.54) is 0 Å². The van der Waals surface area contributed by atoms with Gasteiger partial charge in [0.1, 0.15) is 19.0 Å². The Balaban J connectivity index is 1.77. The van der Waals surface area contributed by atoms with Crippen molar-refractivity contribution in [3.63, 3.8) is 0 Å². The summed E-state index contributed by atoms with van der Waals surface area (Å²) in [6.45, 7) is 7.73. The summed E-state index contributed by atoms with van der Waals surface area (Å²) in [4.78, 5) is 36.9. The van der Waals surface area contributed by atoms with Crippen LogP contribution in [0.2, 0.25) is 0 Å². The zero-order valence-electron chi connectivity index (χ0n) is 22.5. The summed E-state index contributed by atoms with van der Waals surface area (Å²) in [5.41, 5.74) is 2.01. The van der Waals surface area contributed by atoms with E-state index in [9.17, 15) is 19.5 Å². The minimum absolute atomic E-state index is 0.0536. The van der Waals surface area contributed by atoms with Gasteiger partial charge in [0.25, 0.3) is 0 Å². The van der Waals surface area contributed by atoms with Crippen molar-refractivity contribution in [2.24, 2.45) is 5.92 Å². The Morgan fingerprint density at radius 1 is 0.974 bits per heavy atom. The van der Waals surface area contributed by atoms with E-state index in [1.54, 1.807) is 12.2 Å². The third-order valence-corrected chi connectivity index (χ3v) is 5.95. The van der Waals surface area contributed by atoms with Gasteiger partial charge in [-0.25, -0.2) is 0 Å². The number of amides is 2. The maximum Gasteiger partial charge on any atom is 0.305 e. The van der Waals surface area contributed by atoms with Gasteiger partial charge in [0.15, 0.2) is 0 Å². The lowest BCUT2D eigenvalue weighted by atomic mass is 9.99. The lowest BCUT2D eigenvalue weighted by Gasteiger charge is -2.19. The second-order valence-corrected chi connectivity index (χ2v) is 9.19. The van der Waals surface area contributed by atoms with Crippen LogP contribution in [-0.4, -0.2) is 48.7 Å². The first-order valence-corrected chi connectivity index (χ1v) is 13.3. The molecule has 0 aromatic heterocycles. The van der Waals surface area contributed by atoms with E-state index in [0.717, 1.165) is 23.3 Å². The molecule has 0 aliphatic carbocycles. The van der Waals surface area contributed by atoms with E-state index in [0.29, 0.717) is 32.3 Å².